The molecular weight excluding hydrogens is 250 g/mol. The minimum absolute atomic E-state index is 0.783. The molecular formula is C15H27N5. The van der Waals surface area contributed by atoms with Crippen LogP contribution in [0.4, 0.5) is 0 Å². The van der Waals surface area contributed by atoms with Crippen molar-refractivity contribution < 1.29 is 0 Å². The normalized spacial score (nSPS) is 19.9. The van der Waals surface area contributed by atoms with E-state index >= 15 is 0 Å². The first-order chi connectivity index (χ1) is 9.58. The zero-order valence-electron chi connectivity index (χ0n) is 13.1. The van der Waals surface area contributed by atoms with Gasteiger partial charge in [-0.1, -0.05) is 13.8 Å². The minimum atomic E-state index is 0.783. The molecule has 1 aromatic rings. The first-order valence-electron chi connectivity index (χ1n) is 7.51. The molecule has 0 radical (unpaired) electrons. The maximum absolute atomic E-state index is 4.41. The van der Waals surface area contributed by atoms with Crippen LogP contribution < -0.4 is 5.32 Å². The third-order valence-electron chi connectivity index (χ3n) is 3.81. The van der Waals surface area contributed by atoms with Crippen LogP contribution in [0.15, 0.2) is 17.4 Å². The Balaban J connectivity index is 1.84. The van der Waals surface area contributed by atoms with E-state index in [1.54, 1.807) is 0 Å². The molecule has 1 saturated heterocycles. The highest BCUT2D eigenvalue weighted by atomic mass is 15.3. The molecule has 2 heterocycles. The van der Waals surface area contributed by atoms with E-state index in [0.29, 0.717) is 0 Å². The molecule has 20 heavy (non-hydrogen) atoms. The lowest BCUT2D eigenvalue weighted by molar-refractivity contribution is 0.403. The lowest BCUT2D eigenvalue weighted by Gasteiger charge is -2.21. The summed E-state index contributed by atoms with van der Waals surface area (Å²) in [4.78, 5) is 6.79. The van der Waals surface area contributed by atoms with Crippen LogP contribution in [0.25, 0.3) is 0 Å². The number of hydrogen-bond donors (Lipinski definition) is 1. The number of nitrogens with zero attached hydrogens (tertiary/aromatic N) is 4. The molecule has 1 aromatic heterocycles. The van der Waals surface area contributed by atoms with Gasteiger partial charge in [0.05, 0.1) is 6.20 Å². The molecule has 0 aliphatic carbocycles. The Hall–Kier alpha value is -1.52. The summed E-state index contributed by atoms with van der Waals surface area (Å²) in [5, 5.41) is 7.62. The van der Waals surface area contributed by atoms with Gasteiger partial charge >= 0.3 is 0 Å². The van der Waals surface area contributed by atoms with Crippen LogP contribution in [-0.2, 0) is 13.6 Å². The van der Waals surface area contributed by atoms with Crippen LogP contribution >= 0.6 is 0 Å². The van der Waals surface area contributed by atoms with Gasteiger partial charge in [-0.05, 0) is 24.7 Å². The van der Waals surface area contributed by atoms with Gasteiger partial charge in [-0.25, -0.2) is 0 Å². The Labute approximate surface area is 122 Å². The molecule has 1 aliphatic rings. The molecule has 0 spiro atoms. The second-order valence-electron chi connectivity index (χ2n) is 6.15. The van der Waals surface area contributed by atoms with Crippen molar-refractivity contribution in [2.24, 2.45) is 23.9 Å². The van der Waals surface area contributed by atoms with Crippen molar-refractivity contribution in [3.05, 3.63) is 18.0 Å². The molecule has 5 nitrogen and oxygen atoms in total. The summed E-state index contributed by atoms with van der Waals surface area (Å²) in [6.07, 6.45) is 6.53. The fourth-order valence-corrected chi connectivity index (χ4v) is 2.96. The number of likely N-dealkylation sites (tertiary alicyclic amines) is 1. The van der Waals surface area contributed by atoms with Crippen molar-refractivity contribution in [3.8, 4) is 0 Å². The number of aliphatic imine (C=N–C) groups is 1. The molecule has 0 aromatic carbocycles. The van der Waals surface area contributed by atoms with Crippen molar-refractivity contribution in [1.29, 1.82) is 0 Å². The van der Waals surface area contributed by atoms with Crippen molar-refractivity contribution in [2.75, 3.05) is 20.1 Å². The first kappa shape index (κ1) is 14.9. The van der Waals surface area contributed by atoms with Crippen molar-refractivity contribution in [3.63, 3.8) is 0 Å². The molecule has 1 atom stereocenters. The average Bonchev–Trinajstić information content (AvgIpc) is 2.99. The van der Waals surface area contributed by atoms with Gasteiger partial charge < -0.3 is 10.2 Å². The largest absolute Gasteiger partial charge is 0.352 e. The van der Waals surface area contributed by atoms with Crippen LogP contribution in [-0.4, -0.2) is 40.8 Å². The van der Waals surface area contributed by atoms with Crippen LogP contribution in [0.5, 0.6) is 0 Å². The highest BCUT2D eigenvalue weighted by Gasteiger charge is 2.25. The molecule has 0 saturated carbocycles. The monoisotopic (exact) mass is 277 g/mol. The summed E-state index contributed by atoms with van der Waals surface area (Å²) < 4.78 is 1.83. The predicted molar refractivity (Wildman–Crippen MR) is 82.5 cm³/mol. The predicted octanol–water partition coefficient (Wildman–Crippen LogP) is 1.86. The minimum Gasteiger partial charge on any atom is -0.352 e. The summed E-state index contributed by atoms with van der Waals surface area (Å²) in [6.45, 7) is 7.64. The van der Waals surface area contributed by atoms with E-state index in [-0.39, 0.29) is 0 Å². The third kappa shape index (κ3) is 3.99. The third-order valence-corrected chi connectivity index (χ3v) is 3.81. The van der Waals surface area contributed by atoms with Gasteiger partial charge in [0.25, 0.3) is 0 Å². The molecule has 1 fully saturated rings. The van der Waals surface area contributed by atoms with E-state index in [4.69, 9.17) is 0 Å². The maximum Gasteiger partial charge on any atom is 0.193 e. The fourth-order valence-electron chi connectivity index (χ4n) is 2.96. The molecule has 1 unspecified atom stereocenters. The number of aryl methyl sites for hydroxylation is 1. The molecule has 1 aliphatic heterocycles. The van der Waals surface area contributed by atoms with Gasteiger partial charge in [0.1, 0.15) is 0 Å². The van der Waals surface area contributed by atoms with Crippen LogP contribution in [0, 0.1) is 11.8 Å². The Morgan fingerprint density at radius 2 is 2.35 bits per heavy atom. The van der Waals surface area contributed by atoms with Crippen molar-refractivity contribution >= 4 is 5.96 Å². The van der Waals surface area contributed by atoms with Crippen LogP contribution in [0.2, 0.25) is 0 Å². The first-order valence-corrected chi connectivity index (χ1v) is 7.51. The summed E-state index contributed by atoms with van der Waals surface area (Å²) in [7, 11) is 3.80. The lowest BCUT2D eigenvalue weighted by atomic mass is 9.97. The summed E-state index contributed by atoms with van der Waals surface area (Å²) in [5.74, 6) is 2.61. The highest BCUT2D eigenvalue weighted by molar-refractivity contribution is 5.80. The molecule has 1 N–H and O–H groups in total. The average molecular weight is 277 g/mol. The highest BCUT2D eigenvalue weighted by Crippen LogP contribution is 2.23. The van der Waals surface area contributed by atoms with Gasteiger partial charge in [0.2, 0.25) is 0 Å². The standard InChI is InChI=1S/C15H27N5/c1-12(2)7-13-5-6-20(11-13)15(16-3)17-8-14-9-18-19(4)10-14/h9-10,12-13H,5-8,11H2,1-4H3,(H,16,17). The Morgan fingerprint density at radius 1 is 1.55 bits per heavy atom. The molecule has 2 rings (SSSR count). The van der Waals surface area contributed by atoms with Crippen molar-refractivity contribution in [2.45, 2.75) is 33.2 Å². The van der Waals surface area contributed by atoms with Crippen LogP contribution in [0.3, 0.4) is 0 Å². The van der Waals surface area contributed by atoms with Gasteiger partial charge in [-0.2, -0.15) is 5.10 Å². The van der Waals surface area contributed by atoms with E-state index in [2.05, 4.69) is 34.2 Å². The van der Waals surface area contributed by atoms with E-state index in [1.165, 1.54) is 18.4 Å². The quantitative estimate of drug-likeness (QED) is 0.675. The zero-order valence-corrected chi connectivity index (χ0v) is 13.1. The summed E-state index contributed by atoms with van der Waals surface area (Å²) >= 11 is 0. The second-order valence-corrected chi connectivity index (χ2v) is 6.15. The van der Waals surface area contributed by atoms with Crippen molar-refractivity contribution in [1.82, 2.24) is 20.0 Å². The zero-order chi connectivity index (χ0) is 14.5. The molecule has 112 valence electrons. The van der Waals surface area contributed by atoms with E-state index < -0.39 is 0 Å². The van der Waals surface area contributed by atoms with Gasteiger partial charge in [-0.15, -0.1) is 0 Å². The Morgan fingerprint density at radius 3 is 2.95 bits per heavy atom. The Kier molecular flexibility index (Phi) is 5.04. The topological polar surface area (TPSA) is 45.5 Å². The van der Waals surface area contributed by atoms with Gasteiger partial charge in [-0.3, -0.25) is 9.67 Å². The molecule has 0 amide bonds. The number of hydrogen-bond acceptors (Lipinski definition) is 2. The number of guanidine groups is 1. The van der Waals surface area contributed by atoms with E-state index in [9.17, 15) is 0 Å². The summed E-state index contributed by atoms with van der Waals surface area (Å²) in [5.41, 5.74) is 1.19. The lowest BCUT2D eigenvalue weighted by Crippen LogP contribution is -2.39. The van der Waals surface area contributed by atoms with Crippen LogP contribution in [0.1, 0.15) is 32.3 Å². The number of aromatic nitrogens is 2. The fraction of sp³-hybridized carbons (Fsp3) is 0.733. The number of rotatable bonds is 4. The molecule has 5 heteroatoms. The summed E-state index contributed by atoms with van der Waals surface area (Å²) in [6, 6.07) is 0. The smallest absolute Gasteiger partial charge is 0.193 e. The van der Waals surface area contributed by atoms with E-state index in [1.807, 2.05) is 31.2 Å². The SMILES string of the molecule is CN=C(NCc1cnn(C)c1)N1CCC(CC(C)C)C1. The Bertz CT molecular complexity index is 449. The van der Waals surface area contributed by atoms with Gasteiger partial charge in [0.15, 0.2) is 5.96 Å². The number of nitrogens with one attached hydrogen (secondary N) is 1. The maximum atomic E-state index is 4.41. The second kappa shape index (κ2) is 6.77. The van der Waals surface area contributed by atoms with Gasteiger partial charge in [0, 0.05) is 45.5 Å². The molecule has 0 bridgehead atoms. The van der Waals surface area contributed by atoms with E-state index in [0.717, 1.165) is 37.4 Å².